The van der Waals surface area contributed by atoms with Gasteiger partial charge in [-0.15, -0.1) is 0 Å². The minimum absolute atomic E-state index is 0.0559. The molecule has 0 aliphatic heterocycles. The van der Waals surface area contributed by atoms with Crippen LogP contribution in [0.3, 0.4) is 0 Å². The van der Waals surface area contributed by atoms with Crippen molar-refractivity contribution in [1.82, 2.24) is 10.2 Å². The second-order valence-electron chi connectivity index (χ2n) is 10.4. The summed E-state index contributed by atoms with van der Waals surface area (Å²) < 4.78 is 0. The Kier molecular flexibility index (Phi) is 9.40. The molecule has 0 radical (unpaired) electrons. The van der Waals surface area contributed by atoms with Crippen molar-refractivity contribution in [1.29, 1.82) is 0 Å². The number of hydrogen-bond donors (Lipinski definition) is 1. The highest BCUT2D eigenvalue weighted by atomic mass is 35.5. The van der Waals surface area contributed by atoms with E-state index in [0.29, 0.717) is 18.0 Å². The molecule has 1 N–H and O–H groups in total. The first-order valence-electron chi connectivity index (χ1n) is 13.3. The Bertz CT molecular complexity index is 1170. The predicted octanol–water partition coefficient (Wildman–Crippen LogP) is 6.59. The Morgan fingerprint density at radius 2 is 1.51 bits per heavy atom. The van der Waals surface area contributed by atoms with E-state index in [4.69, 9.17) is 11.6 Å². The highest BCUT2D eigenvalue weighted by Crippen LogP contribution is 2.21. The van der Waals surface area contributed by atoms with Gasteiger partial charge in [0.15, 0.2) is 0 Å². The Balaban J connectivity index is 1.66. The second kappa shape index (κ2) is 12.9. The van der Waals surface area contributed by atoms with Gasteiger partial charge < -0.3 is 10.2 Å². The van der Waals surface area contributed by atoms with Crippen LogP contribution in [0.4, 0.5) is 0 Å². The lowest BCUT2D eigenvalue weighted by atomic mass is 9.94. The van der Waals surface area contributed by atoms with Gasteiger partial charge in [-0.25, -0.2) is 0 Å². The zero-order valence-corrected chi connectivity index (χ0v) is 22.6. The van der Waals surface area contributed by atoms with Gasteiger partial charge >= 0.3 is 0 Å². The molecule has 3 aromatic carbocycles. The lowest BCUT2D eigenvalue weighted by molar-refractivity contribution is -0.141. The topological polar surface area (TPSA) is 49.4 Å². The zero-order valence-electron chi connectivity index (χ0n) is 21.9. The molecule has 0 unspecified atom stereocenters. The van der Waals surface area contributed by atoms with E-state index >= 15 is 0 Å². The summed E-state index contributed by atoms with van der Waals surface area (Å²) in [7, 11) is 0. The summed E-state index contributed by atoms with van der Waals surface area (Å²) in [5.74, 6) is -0.127. The average molecular weight is 517 g/mol. The summed E-state index contributed by atoms with van der Waals surface area (Å²) in [6, 6.07) is 23.3. The van der Waals surface area contributed by atoms with E-state index in [0.717, 1.165) is 53.5 Å². The van der Waals surface area contributed by atoms with Crippen LogP contribution in [0.15, 0.2) is 72.8 Å². The molecule has 0 bridgehead atoms. The molecule has 1 fully saturated rings. The first-order valence-corrected chi connectivity index (χ1v) is 13.7. The molecule has 1 saturated carbocycles. The Hall–Kier alpha value is -3.11. The molecule has 2 amide bonds. The molecule has 1 aliphatic carbocycles. The van der Waals surface area contributed by atoms with Gasteiger partial charge in [0.2, 0.25) is 11.8 Å². The molecule has 4 nitrogen and oxygen atoms in total. The summed E-state index contributed by atoms with van der Waals surface area (Å²) in [6.45, 7) is 4.43. The highest BCUT2D eigenvalue weighted by molar-refractivity contribution is 6.30. The number of nitrogens with one attached hydrogen (secondary N) is 1. The predicted molar refractivity (Wildman–Crippen MR) is 151 cm³/mol. The van der Waals surface area contributed by atoms with E-state index in [1.807, 2.05) is 68.4 Å². The maximum absolute atomic E-state index is 14.0. The van der Waals surface area contributed by atoms with Crippen molar-refractivity contribution < 1.29 is 9.59 Å². The Morgan fingerprint density at radius 3 is 2.16 bits per heavy atom. The fourth-order valence-electron chi connectivity index (χ4n) is 5.33. The van der Waals surface area contributed by atoms with Crippen LogP contribution in [-0.4, -0.2) is 28.8 Å². The van der Waals surface area contributed by atoms with Crippen molar-refractivity contribution in [3.05, 3.63) is 106 Å². The van der Waals surface area contributed by atoms with Crippen LogP contribution in [0.5, 0.6) is 0 Å². The summed E-state index contributed by atoms with van der Waals surface area (Å²) in [5.41, 5.74) is 5.20. The van der Waals surface area contributed by atoms with Crippen LogP contribution in [0.1, 0.15) is 59.9 Å². The van der Waals surface area contributed by atoms with Crippen LogP contribution < -0.4 is 5.32 Å². The number of amides is 2. The smallest absolute Gasteiger partial charge is 0.243 e. The second-order valence-corrected chi connectivity index (χ2v) is 10.8. The van der Waals surface area contributed by atoms with Gasteiger partial charge in [-0.3, -0.25) is 9.59 Å². The largest absolute Gasteiger partial charge is 0.352 e. The van der Waals surface area contributed by atoms with Gasteiger partial charge in [-0.2, -0.15) is 0 Å². The molecule has 0 saturated heterocycles. The third-order valence-electron chi connectivity index (χ3n) is 7.13. The minimum atomic E-state index is -0.613. The standard InChI is InChI=1S/C32H37ClN2O2/c1-23-17-24(2)19-27(18-23)21-31(36)35(22-26-13-15-28(33)16-14-26)30(20-25-9-5-3-6-10-25)32(37)34-29-11-7-4-8-12-29/h3,5-6,9-10,13-19,29-30H,4,7-8,11-12,20-22H2,1-2H3,(H,34,37)/t30-/m1/s1. The van der Waals surface area contributed by atoms with Gasteiger partial charge in [-0.05, 0) is 55.5 Å². The molecule has 4 rings (SSSR count). The summed E-state index contributed by atoms with van der Waals surface area (Å²) in [4.78, 5) is 29.6. The molecule has 5 heteroatoms. The molecule has 0 spiro atoms. The molecule has 0 aromatic heterocycles. The zero-order chi connectivity index (χ0) is 26.2. The van der Waals surface area contributed by atoms with Gasteiger partial charge in [0.05, 0.1) is 6.42 Å². The van der Waals surface area contributed by atoms with Crippen LogP contribution >= 0.6 is 11.6 Å². The molecular formula is C32H37ClN2O2. The molecule has 1 aliphatic rings. The lowest BCUT2D eigenvalue weighted by Gasteiger charge is -2.33. The van der Waals surface area contributed by atoms with Gasteiger partial charge in [-0.1, -0.05) is 103 Å². The Morgan fingerprint density at radius 1 is 0.865 bits per heavy atom. The molecule has 37 heavy (non-hydrogen) atoms. The number of rotatable bonds is 9. The van der Waals surface area contributed by atoms with E-state index in [-0.39, 0.29) is 24.3 Å². The molecule has 194 valence electrons. The fraction of sp³-hybridized carbons (Fsp3) is 0.375. The van der Waals surface area contributed by atoms with E-state index in [9.17, 15) is 9.59 Å². The molecule has 0 heterocycles. The average Bonchev–Trinajstić information content (AvgIpc) is 2.87. The number of carbonyl (C=O) groups is 2. The number of hydrogen-bond acceptors (Lipinski definition) is 2. The normalized spacial score (nSPS) is 14.7. The maximum Gasteiger partial charge on any atom is 0.243 e. The lowest BCUT2D eigenvalue weighted by Crippen LogP contribution is -2.53. The van der Waals surface area contributed by atoms with Crippen molar-refractivity contribution in [3.63, 3.8) is 0 Å². The highest BCUT2D eigenvalue weighted by Gasteiger charge is 2.32. The van der Waals surface area contributed by atoms with Crippen LogP contribution in [0, 0.1) is 13.8 Å². The third-order valence-corrected chi connectivity index (χ3v) is 7.38. The van der Waals surface area contributed by atoms with E-state index in [1.54, 1.807) is 4.90 Å². The maximum atomic E-state index is 14.0. The number of aryl methyl sites for hydroxylation is 2. The molecule has 3 aromatic rings. The number of halogens is 1. The fourth-order valence-corrected chi connectivity index (χ4v) is 5.46. The first kappa shape index (κ1) is 26.9. The molecule has 1 atom stereocenters. The summed E-state index contributed by atoms with van der Waals surface area (Å²) in [6.07, 6.45) is 6.19. The van der Waals surface area contributed by atoms with Crippen molar-refractivity contribution in [3.8, 4) is 0 Å². The van der Waals surface area contributed by atoms with Crippen molar-refractivity contribution in [2.24, 2.45) is 0 Å². The van der Waals surface area contributed by atoms with Crippen LogP contribution in [0.25, 0.3) is 0 Å². The Labute approximate surface area is 226 Å². The third kappa shape index (κ3) is 7.93. The molecular weight excluding hydrogens is 480 g/mol. The van der Waals surface area contributed by atoms with Gasteiger partial charge in [0.1, 0.15) is 6.04 Å². The van der Waals surface area contributed by atoms with Crippen molar-refractivity contribution >= 4 is 23.4 Å². The minimum Gasteiger partial charge on any atom is -0.352 e. The SMILES string of the molecule is Cc1cc(C)cc(CC(=O)N(Cc2ccc(Cl)cc2)[C@H](Cc2ccccc2)C(=O)NC2CCCCC2)c1. The summed E-state index contributed by atoms with van der Waals surface area (Å²) in [5, 5.41) is 3.94. The number of carbonyl (C=O) groups excluding carboxylic acids is 2. The quantitative estimate of drug-likeness (QED) is 0.349. The van der Waals surface area contributed by atoms with E-state index < -0.39 is 6.04 Å². The van der Waals surface area contributed by atoms with Crippen molar-refractivity contribution in [2.45, 2.75) is 77.4 Å². The van der Waals surface area contributed by atoms with Crippen LogP contribution in [0.2, 0.25) is 5.02 Å². The van der Waals surface area contributed by atoms with E-state index in [2.05, 4.69) is 23.5 Å². The summed E-state index contributed by atoms with van der Waals surface area (Å²) >= 11 is 6.13. The van der Waals surface area contributed by atoms with E-state index in [1.165, 1.54) is 6.42 Å². The monoisotopic (exact) mass is 516 g/mol. The van der Waals surface area contributed by atoms with Crippen molar-refractivity contribution in [2.75, 3.05) is 0 Å². The number of benzene rings is 3. The van der Waals surface area contributed by atoms with Crippen LogP contribution in [-0.2, 0) is 29.0 Å². The van der Waals surface area contributed by atoms with Gasteiger partial charge in [0.25, 0.3) is 0 Å². The first-order chi connectivity index (χ1) is 17.9. The number of nitrogens with zero attached hydrogens (tertiary/aromatic N) is 1. The van der Waals surface area contributed by atoms with Gasteiger partial charge in [0, 0.05) is 24.0 Å².